The molecule has 1 aliphatic carbocycles. The summed E-state index contributed by atoms with van der Waals surface area (Å²) in [6.45, 7) is 2.85. The van der Waals surface area contributed by atoms with Gasteiger partial charge in [0.15, 0.2) is 0 Å². The molecule has 0 bridgehead atoms. The normalized spacial score (nSPS) is 23.6. The lowest BCUT2D eigenvalue weighted by molar-refractivity contribution is -0.143. The van der Waals surface area contributed by atoms with Crippen LogP contribution in [-0.4, -0.2) is 30.1 Å². The van der Waals surface area contributed by atoms with Gasteiger partial charge >= 0.3 is 12.4 Å². The van der Waals surface area contributed by atoms with Crippen LogP contribution in [0.15, 0.2) is 42.5 Å². The standard InChI is InChI=1S/C27H30F7NO/c1-17(19-13-20(26(29,30)31)15-21(14-19)27(32,33)34)36-25-11-12-35(23-5-3-2-4-6-23)16-24(25)18-7-9-22(28)10-8-18/h7-10,13-15,17,23-25H,2-6,11-12,16H2,1H3/t17-,24-,25+/m1/s1. The number of piperidine rings is 1. The van der Waals surface area contributed by atoms with Gasteiger partial charge in [0.25, 0.3) is 0 Å². The molecular formula is C27H30F7NO. The number of halogens is 7. The average Bonchev–Trinajstić information content (AvgIpc) is 2.84. The highest BCUT2D eigenvalue weighted by Gasteiger charge is 2.39. The van der Waals surface area contributed by atoms with Crippen LogP contribution >= 0.6 is 0 Å². The van der Waals surface area contributed by atoms with E-state index in [0.717, 1.165) is 49.9 Å². The van der Waals surface area contributed by atoms with Crippen molar-refractivity contribution in [1.29, 1.82) is 0 Å². The Morgan fingerprint density at radius 2 is 1.42 bits per heavy atom. The minimum Gasteiger partial charge on any atom is -0.370 e. The molecule has 1 saturated carbocycles. The molecule has 3 atom stereocenters. The molecule has 198 valence electrons. The van der Waals surface area contributed by atoms with Gasteiger partial charge in [0, 0.05) is 25.0 Å². The van der Waals surface area contributed by atoms with E-state index >= 15 is 0 Å². The van der Waals surface area contributed by atoms with Crippen LogP contribution in [0.3, 0.4) is 0 Å². The zero-order chi connectivity index (χ0) is 26.1. The Morgan fingerprint density at radius 3 is 1.97 bits per heavy atom. The zero-order valence-corrected chi connectivity index (χ0v) is 20.0. The minimum atomic E-state index is -4.92. The van der Waals surface area contributed by atoms with E-state index in [9.17, 15) is 30.7 Å². The third-order valence-electron chi connectivity index (χ3n) is 7.43. The quantitative estimate of drug-likeness (QED) is 0.371. The number of ether oxygens (including phenoxy) is 1. The van der Waals surface area contributed by atoms with Crippen molar-refractivity contribution in [3.8, 4) is 0 Å². The Kier molecular flexibility index (Phi) is 8.00. The van der Waals surface area contributed by atoms with Crippen LogP contribution in [-0.2, 0) is 17.1 Å². The number of likely N-dealkylation sites (tertiary alicyclic amines) is 1. The maximum Gasteiger partial charge on any atom is 0.416 e. The van der Waals surface area contributed by atoms with Gasteiger partial charge in [-0.15, -0.1) is 0 Å². The predicted molar refractivity (Wildman–Crippen MR) is 122 cm³/mol. The third kappa shape index (κ3) is 6.40. The van der Waals surface area contributed by atoms with Crippen LogP contribution < -0.4 is 0 Å². The number of hydrogen-bond acceptors (Lipinski definition) is 2. The summed E-state index contributed by atoms with van der Waals surface area (Å²) in [5.41, 5.74) is -2.05. The second-order valence-electron chi connectivity index (χ2n) is 9.89. The predicted octanol–water partition coefficient (Wildman–Crippen LogP) is 8.13. The van der Waals surface area contributed by atoms with E-state index in [-0.39, 0.29) is 23.4 Å². The van der Waals surface area contributed by atoms with Crippen molar-refractivity contribution in [2.24, 2.45) is 0 Å². The molecule has 36 heavy (non-hydrogen) atoms. The molecule has 2 nitrogen and oxygen atoms in total. The molecule has 2 aromatic carbocycles. The van der Waals surface area contributed by atoms with E-state index in [1.807, 2.05) is 0 Å². The molecule has 2 fully saturated rings. The fraction of sp³-hybridized carbons (Fsp3) is 0.556. The van der Waals surface area contributed by atoms with Crippen molar-refractivity contribution in [1.82, 2.24) is 4.90 Å². The average molecular weight is 518 g/mol. The van der Waals surface area contributed by atoms with Gasteiger partial charge in [-0.25, -0.2) is 4.39 Å². The summed E-state index contributed by atoms with van der Waals surface area (Å²) in [6, 6.07) is 8.09. The van der Waals surface area contributed by atoms with E-state index in [4.69, 9.17) is 4.74 Å². The molecule has 0 N–H and O–H groups in total. The first-order chi connectivity index (χ1) is 16.9. The van der Waals surface area contributed by atoms with Crippen LogP contribution in [0.5, 0.6) is 0 Å². The van der Waals surface area contributed by atoms with Crippen molar-refractivity contribution in [2.45, 2.75) is 82.0 Å². The minimum absolute atomic E-state index is 0.125. The first kappa shape index (κ1) is 26.9. The highest BCUT2D eigenvalue weighted by Crippen LogP contribution is 2.40. The molecule has 0 radical (unpaired) electrons. The maximum absolute atomic E-state index is 13.6. The first-order valence-corrected chi connectivity index (χ1v) is 12.4. The van der Waals surface area contributed by atoms with Crippen LogP contribution in [0.25, 0.3) is 0 Å². The fourth-order valence-corrected chi connectivity index (χ4v) is 5.48. The van der Waals surface area contributed by atoms with Gasteiger partial charge in [0.2, 0.25) is 0 Å². The van der Waals surface area contributed by atoms with E-state index in [1.165, 1.54) is 25.5 Å². The largest absolute Gasteiger partial charge is 0.416 e. The van der Waals surface area contributed by atoms with Gasteiger partial charge in [0.05, 0.1) is 23.3 Å². The van der Waals surface area contributed by atoms with Crippen LogP contribution in [0.4, 0.5) is 30.7 Å². The molecule has 0 aromatic heterocycles. The Labute approximate surface area is 206 Å². The number of rotatable bonds is 5. The maximum atomic E-state index is 13.6. The SMILES string of the molecule is C[C@@H](O[C@H]1CCN(C2CCCCC2)C[C@@H]1c1ccc(F)cc1)c1cc(C(F)(F)F)cc(C(F)(F)F)c1. The van der Waals surface area contributed by atoms with Gasteiger partial charge in [0.1, 0.15) is 5.82 Å². The topological polar surface area (TPSA) is 12.5 Å². The van der Waals surface area contributed by atoms with Crippen LogP contribution in [0.1, 0.15) is 79.7 Å². The van der Waals surface area contributed by atoms with Crippen molar-refractivity contribution in [2.75, 3.05) is 13.1 Å². The lowest BCUT2D eigenvalue weighted by Gasteiger charge is -2.44. The summed E-state index contributed by atoms with van der Waals surface area (Å²) in [4.78, 5) is 2.41. The summed E-state index contributed by atoms with van der Waals surface area (Å²) in [5.74, 6) is -0.565. The molecule has 1 saturated heterocycles. The van der Waals surface area contributed by atoms with Gasteiger partial charge < -0.3 is 4.74 Å². The number of nitrogens with zero attached hydrogens (tertiary/aromatic N) is 1. The third-order valence-corrected chi connectivity index (χ3v) is 7.43. The summed E-state index contributed by atoms with van der Waals surface area (Å²) < 4.78 is 99.9. The molecule has 0 unspecified atom stereocenters. The lowest BCUT2D eigenvalue weighted by atomic mass is 9.85. The Hall–Kier alpha value is -2.13. The Balaban J connectivity index is 1.59. The second kappa shape index (κ2) is 10.7. The Bertz CT molecular complexity index is 980. The van der Waals surface area contributed by atoms with Gasteiger partial charge in [-0.3, -0.25) is 4.90 Å². The number of benzene rings is 2. The summed E-state index contributed by atoms with van der Waals surface area (Å²) in [5, 5.41) is 0. The van der Waals surface area contributed by atoms with Crippen molar-refractivity contribution < 1.29 is 35.5 Å². The second-order valence-corrected chi connectivity index (χ2v) is 9.89. The van der Waals surface area contributed by atoms with Gasteiger partial charge in [-0.05, 0) is 67.6 Å². The van der Waals surface area contributed by atoms with Crippen LogP contribution in [0.2, 0.25) is 0 Å². The van der Waals surface area contributed by atoms with Gasteiger partial charge in [-0.2, -0.15) is 26.3 Å². The zero-order valence-electron chi connectivity index (χ0n) is 20.0. The first-order valence-electron chi connectivity index (χ1n) is 12.4. The van der Waals surface area contributed by atoms with Crippen molar-refractivity contribution >= 4 is 0 Å². The fourth-order valence-electron chi connectivity index (χ4n) is 5.48. The van der Waals surface area contributed by atoms with E-state index < -0.39 is 35.7 Å². The molecule has 1 aliphatic heterocycles. The lowest BCUT2D eigenvalue weighted by Crippen LogP contribution is -2.48. The van der Waals surface area contributed by atoms with Crippen molar-refractivity contribution in [3.05, 3.63) is 70.5 Å². The summed E-state index contributed by atoms with van der Waals surface area (Å²) in [7, 11) is 0. The van der Waals surface area contributed by atoms with E-state index in [2.05, 4.69) is 4.90 Å². The summed E-state index contributed by atoms with van der Waals surface area (Å²) in [6.07, 6.45) is -4.95. The molecule has 0 spiro atoms. The molecule has 9 heteroatoms. The smallest absolute Gasteiger partial charge is 0.370 e. The van der Waals surface area contributed by atoms with Crippen molar-refractivity contribution in [3.63, 3.8) is 0 Å². The number of alkyl halides is 6. The molecule has 1 heterocycles. The molecule has 2 aliphatic rings. The Morgan fingerprint density at radius 1 is 0.833 bits per heavy atom. The van der Waals surface area contributed by atoms with E-state index in [0.29, 0.717) is 19.0 Å². The molecular weight excluding hydrogens is 487 g/mol. The van der Waals surface area contributed by atoms with Gasteiger partial charge in [-0.1, -0.05) is 31.4 Å². The van der Waals surface area contributed by atoms with E-state index in [1.54, 1.807) is 12.1 Å². The monoisotopic (exact) mass is 517 g/mol. The molecule has 0 amide bonds. The highest BCUT2D eigenvalue weighted by molar-refractivity contribution is 5.35. The highest BCUT2D eigenvalue weighted by atomic mass is 19.4. The summed E-state index contributed by atoms with van der Waals surface area (Å²) >= 11 is 0. The van der Waals surface area contributed by atoms with Crippen LogP contribution in [0, 0.1) is 5.82 Å². The number of hydrogen-bond donors (Lipinski definition) is 0. The molecule has 2 aromatic rings. The molecule has 4 rings (SSSR count).